The second kappa shape index (κ2) is 7.25. The molecule has 186 valence electrons. The van der Waals surface area contributed by atoms with Crippen molar-refractivity contribution >= 4 is 41.5 Å². The molecule has 35 heavy (non-hydrogen) atoms. The van der Waals surface area contributed by atoms with E-state index in [4.69, 9.17) is 30.5 Å². The van der Waals surface area contributed by atoms with Gasteiger partial charge in [-0.2, -0.15) is 0 Å². The minimum Gasteiger partial charge on any atom is -0.467 e. The highest BCUT2D eigenvalue weighted by Crippen LogP contribution is 2.72. The number of anilines is 1. The van der Waals surface area contributed by atoms with Crippen LogP contribution in [0.4, 0.5) is 10.5 Å². The number of ketones is 1. The molecule has 3 aliphatic heterocycles. The van der Waals surface area contributed by atoms with Gasteiger partial charge >= 0.3 is 12.1 Å². The van der Waals surface area contributed by atoms with Crippen molar-refractivity contribution in [2.75, 3.05) is 32.5 Å². The van der Waals surface area contributed by atoms with Crippen LogP contribution in [0.2, 0.25) is 5.02 Å². The van der Waals surface area contributed by atoms with Crippen molar-refractivity contribution in [3.05, 3.63) is 16.7 Å². The molecule has 1 saturated heterocycles. The number of methoxy groups -OCH3 is 2. The number of carbonyl (C=O) groups excluding carboxylic acids is 4. The van der Waals surface area contributed by atoms with Crippen LogP contribution in [0, 0.1) is 5.41 Å². The largest absolute Gasteiger partial charge is 0.467 e. The fourth-order valence-corrected chi connectivity index (χ4v) is 8.25. The Morgan fingerprint density at radius 3 is 2.63 bits per heavy atom. The minimum absolute atomic E-state index is 0.0339. The molecular weight excluding hydrogens is 480 g/mol. The van der Waals surface area contributed by atoms with E-state index in [1.807, 2.05) is 0 Å². The van der Waals surface area contributed by atoms with Crippen LogP contribution in [0.1, 0.15) is 44.1 Å². The molecule has 3 heterocycles. The number of hydrogen-bond donors (Lipinski definition) is 0. The van der Waals surface area contributed by atoms with Gasteiger partial charge < -0.3 is 23.8 Å². The summed E-state index contributed by atoms with van der Waals surface area (Å²) in [4.78, 5) is 56.3. The Morgan fingerprint density at radius 1 is 1.14 bits per heavy atom. The second-order valence-electron chi connectivity index (χ2n) is 10.1. The molecule has 1 aromatic carbocycles. The molecule has 2 amide bonds. The number of nitrogens with zero attached hydrogens (tertiary/aromatic N) is 2. The lowest BCUT2D eigenvalue weighted by Crippen LogP contribution is -2.79. The van der Waals surface area contributed by atoms with Crippen LogP contribution >= 0.6 is 11.6 Å². The zero-order valence-electron chi connectivity index (χ0n) is 19.4. The van der Waals surface area contributed by atoms with E-state index in [0.717, 1.165) is 19.3 Å². The lowest BCUT2D eigenvalue weighted by Gasteiger charge is -2.66. The Hall–Kier alpha value is -3.01. The average molecular weight is 505 g/mol. The zero-order chi connectivity index (χ0) is 24.8. The minimum atomic E-state index is -1.65. The summed E-state index contributed by atoms with van der Waals surface area (Å²) in [5.74, 6) is -0.253. The van der Waals surface area contributed by atoms with E-state index in [2.05, 4.69) is 0 Å². The standard InChI is InChI=1S/C24H25ClN2O8/c1-32-20(30)24-6-5-22-4-3-7-26(11-28)19(22)23(24,10-13(29)9-22)14-8-15(25)17-18(35-12-34-17)16(14)27(24)21(31)33-2/h8,11,19H,3-7,9-10,12H2,1-2H3/t19-,22-,23-,24+/m0/s1. The van der Waals surface area contributed by atoms with Crippen molar-refractivity contribution in [3.63, 3.8) is 0 Å². The first-order valence-electron chi connectivity index (χ1n) is 11.6. The Morgan fingerprint density at radius 2 is 1.91 bits per heavy atom. The van der Waals surface area contributed by atoms with Crippen molar-refractivity contribution < 1.29 is 38.1 Å². The molecule has 1 spiro atoms. The predicted molar refractivity (Wildman–Crippen MR) is 121 cm³/mol. The van der Waals surface area contributed by atoms with Gasteiger partial charge in [-0.25, -0.2) is 9.59 Å². The Bertz CT molecular complexity index is 1190. The van der Waals surface area contributed by atoms with Gasteiger partial charge in [-0.15, -0.1) is 0 Å². The van der Waals surface area contributed by atoms with Crippen LogP contribution < -0.4 is 14.4 Å². The third-order valence-electron chi connectivity index (χ3n) is 8.89. The van der Waals surface area contributed by atoms with Gasteiger partial charge in [0.1, 0.15) is 5.78 Å². The number of likely N-dealkylation sites (tertiary alicyclic amines) is 1. The molecule has 10 nitrogen and oxygen atoms in total. The van der Waals surface area contributed by atoms with Crippen LogP contribution in [0.3, 0.4) is 0 Å². The number of carbonyl (C=O) groups is 4. The lowest BCUT2D eigenvalue weighted by molar-refractivity contribution is -0.175. The van der Waals surface area contributed by atoms with Crippen LogP contribution in [-0.4, -0.2) is 68.3 Å². The van der Waals surface area contributed by atoms with E-state index < -0.39 is 34.5 Å². The molecule has 0 unspecified atom stereocenters. The number of amides is 2. The highest BCUT2D eigenvalue weighted by atomic mass is 35.5. The quantitative estimate of drug-likeness (QED) is 0.446. The Balaban J connectivity index is 1.77. The number of fused-ring (bicyclic) bond motifs is 3. The number of ether oxygens (including phenoxy) is 4. The van der Waals surface area contributed by atoms with Crippen LogP contribution in [0.5, 0.6) is 11.5 Å². The zero-order valence-corrected chi connectivity index (χ0v) is 20.2. The molecule has 11 heteroatoms. The van der Waals surface area contributed by atoms with Gasteiger partial charge in [-0.1, -0.05) is 11.6 Å². The first-order chi connectivity index (χ1) is 16.8. The summed E-state index contributed by atoms with van der Waals surface area (Å²) in [5.41, 5.74) is -2.70. The molecule has 0 aromatic heterocycles. The topological polar surface area (TPSA) is 112 Å². The Labute approximate surface area is 206 Å². The van der Waals surface area contributed by atoms with E-state index in [9.17, 15) is 19.2 Å². The molecule has 2 bridgehead atoms. The normalized spacial score (nSPS) is 34.0. The third kappa shape index (κ3) is 2.41. The van der Waals surface area contributed by atoms with Gasteiger partial charge in [0.25, 0.3) is 0 Å². The molecule has 4 atom stereocenters. The second-order valence-corrected chi connectivity index (χ2v) is 10.5. The predicted octanol–water partition coefficient (Wildman–Crippen LogP) is 2.57. The van der Waals surface area contributed by atoms with Crippen LogP contribution in [-0.2, 0) is 29.3 Å². The van der Waals surface area contributed by atoms with Crippen molar-refractivity contribution in [1.29, 1.82) is 0 Å². The monoisotopic (exact) mass is 504 g/mol. The van der Waals surface area contributed by atoms with Crippen LogP contribution in [0.25, 0.3) is 0 Å². The molecule has 2 aliphatic carbocycles. The fraction of sp³-hybridized carbons (Fsp3) is 0.583. The maximum atomic E-state index is 13.9. The third-order valence-corrected chi connectivity index (χ3v) is 9.17. The average Bonchev–Trinajstić information content (AvgIpc) is 3.43. The summed E-state index contributed by atoms with van der Waals surface area (Å²) in [7, 11) is 2.48. The molecule has 0 N–H and O–H groups in total. The molecule has 0 radical (unpaired) electrons. The summed E-state index contributed by atoms with van der Waals surface area (Å²) in [6.07, 6.45) is 2.41. The van der Waals surface area contributed by atoms with E-state index in [1.165, 1.54) is 19.1 Å². The maximum Gasteiger partial charge on any atom is 0.415 e. The molecule has 2 saturated carbocycles. The van der Waals surface area contributed by atoms with Crippen molar-refractivity contribution in [2.24, 2.45) is 5.41 Å². The number of hydrogen-bond acceptors (Lipinski definition) is 8. The Kier molecular flexibility index (Phi) is 4.65. The maximum absolute atomic E-state index is 13.9. The van der Waals surface area contributed by atoms with E-state index in [1.54, 1.807) is 11.0 Å². The molecule has 5 aliphatic rings. The molecular formula is C24H25ClN2O8. The summed E-state index contributed by atoms with van der Waals surface area (Å²) >= 11 is 6.63. The van der Waals surface area contributed by atoms with Crippen molar-refractivity contribution in [1.82, 2.24) is 4.90 Å². The van der Waals surface area contributed by atoms with E-state index in [-0.39, 0.29) is 47.6 Å². The molecule has 1 aromatic rings. The number of piperidine rings is 1. The molecule has 3 fully saturated rings. The van der Waals surface area contributed by atoms with E-state index in [0.29, 0.717) is 24.9 Å². The first kappa shape index (κ1) is 22.5. The van der Waals surface area contributed by atoms with Crippen LogP contribution in [0.15, 0.2) is 6.07 Å². The highest BCUT2D eigenvalue weighted by Gasteiger charge is 2.80. The number of halogens is 1. The summed E-state index contributed by atoms with van der Waals surface area (Å²) in [6, 6.07) is 1.12. The highest BCUT2D eigenvalue weighted by molar-refractivity contribution is 6.33. The SMILES string of the molecule is COC(=O)N1c2c(cc(Cl)c3c2OCO3)[C@@]23CC(=O)C[C@]4(CCCN(C=O)[C@@H]42)CC[C@]13C(=O)OC. The number of esters is 1. The fourth-order valence-electron chi connectivity index (χ4n) is 8.00. The lowest BCUT2D eigenvalue weighted by atomic mass is 9.42. The number of benzene rings is 1. The molecule has 6 rings (SSSR count). The summed E-state index contributed by atoms with van der Waals surface area (Å²) in [5, 5.41) is 0.235. The summed E-state index contributed by atoms with van der Waals surface area (Å²) < 4.78 is 21.9. The smallest absolute Gasteiger partial charge is 0.415 e. The van der Waals surface area contributed by atoms with Crippen molar-refractivity contribution in [2.45, 2.75) is 55.5 Å². The summed E-state index contributed by atoms with van der Waals surface area (Å²) in [6.45, 7) is 0.362. The van der Waals surface area contributed by atoms with Gasteiger partial charge in [0.2, 0.25) is 13.2 Å². The number of rotatable bonds is 2. The first-order valence-corrected chi connectivity index (χ1v) is 12.0. The van der Waals surface area contributed by atoms with Gasteiger partial charge in [0, 0.05) is 19.4 Å². The van der Waals surface area contributed by atoms with Gasteiger partial charge in [0.05, 0.1) is 36.4 Å². The van der Waals surface area contributed by atoms with Crippen molar-refractivity contribution in [3.8, 4) is 11.5 Å². The van der Waals surface area contributed by atoms with Gasteiger partial charge in [0.15, 0.2) is 17.0 Å². The number of Topliss-reactive ketones (excluding diaryl/α,β-unsaturated/α-hetero) is 1. The van der Waals surface area contributed by atoms with E-state index >= 15 is 0 Å². The van der Waals surface area contributed by atoms with Gasteiger partial charge in [-0.05, 0) is 42.7 Å². The van der Waals surface area contributed by atoms with Gasteiger partial charge in [-0.3, -0.25) is 14.5 Å².